The first-order chi connectivity index (χ1) is 10.6. The summed E-state index contributed by atoms with van der Waals surface area (Å²) in [6, 6.07) is 14.7. The number of benzene rings is 2. The summed E-state index contributed by atoms with van der Waals surface area (Å²) in [6.45, 7) is 1.48. The van der Waals surface area contributed by atoms with E-state index < -0.39 is 5.97 Å². The highest BCUT2D eigenvalue weighted by Gasteiger charge is 2.21. The quantitative estimate of drug-likeness (QED) is 0.342. The van der Waals surface area contributed by atoms with Gasteiger partial charge in [0.15, 0.2) is 11.5 Å². The zero-order valence-electron chi connectivity index (χ0n) is 11.6. The van der Waals surface area contributed by atoms with Crippen LogP contribution in [0.1, 0.15) is 27.0 Å². The third kappa shape index (κ3) is 2.78. The van der Waals surface area contributed by atoms with E-state index in [4.69, 9.17) is 4.74 Å². The highest BCUT2D eigenvalue weighted by molar-refractivity contribution is 14.1. The normalized spacial score (nSPS) is 10.6. The number of fused-ring (bicyclic) bond motifs is 1. The van der Waals surface area contributed by atoms with Crippen LogP contribution >= 0.6 is 33.9 Å². The molecule has 110 valence electrons. The Kier molecular flexibility index (Phi) is 4.26. The Morgan fingerprint density at radius 1 is 1.05 bits per heavy atom. The molecule has 0 radical (unpaired) electrons. The second-order valence-corrected chi connectivity index (χ2v) is 6.90. The third-order valence-electron chi connectivity index (χ3n) is 3.16. The molecule has 1 heterocycles. The Morgan fingerprint density at radius 2 is 1.73 bits per heavy atom. The van der Waals surface area contributed by atoms with Crippen LogP contribution in [0.25, 0.3) is 10.1 Å². The van der Waals surface area contributed by atoms with Crippen molar-refractivity contribution >= 4 is 55.8 Å². The molecular formula is C17H11IO3S. The number of carbonyl (C=O) groups is 2. The molecule has 3 rings (SSSR count). The second-order valence-electron chi connectivity index (χ2n) is 4.68. The number of Topliss-reactive ketones (excluding diaryl/α,β-unsaturated/α-hetero) is 1. The average Bonchev–Trinajstić information content (AvgIpc) is 2.87. The van der Waals surface area contributed by atoms with Gasteiger partial charge in [-0.05, 0) is 46.9 Å². The van der Waals surface area contributed by atoms with E-state index in [0.717, 1.165) is 13.7 Å². The molecule has 3 aromatic rings. The number of hydrogen-bond acceptors (Lipinski definition) is 4. The molecule has 0 aliphatic heterocycles. The van der Waals surface area contributed by atoms with Crippen molar-refractivity contribution in [3.05, 3.63) is 62.5 Å². The predicted octanol–water partition coefficient (Wildman–Crippen LogP) is 4.93. The topological polar surface area (TPSA) is 43.4 Å². The van der Waals surface area contributed by atoms with Gasteiger partial charge in [-0.2, -0.15) is 0 Å². The number of halogens is 1. The van der Waals surface area contributed by atoms with Crippen LogP contribution in [-0.2, 0) is 0 Å². The van der Waals surface area contributed by atoms with E-state index in [9.17, 15) is 9.59 Å². The molecule has 3 nitrogen and oxygen atoms in total. The zero-order valence-corrected chi connectivity index (χ0v) is 14.6. The van der Waals surface area contributed by atoms with Gasteiger partial charge in [0.1, 0.15) is 4.88 Å². The number of ether oxygens (including phenoxy) is 1. The molecule has 2 aromatic carbocycles. The summed E-state index contributed by atoms with van der Waals surface area (Å²) >= 11 is 3.44. The van der Waals surface area contributed by atoms with Gasteiger partial charge >= 0.3 is 5.97 Å². The number of hydrogen-bond donors (Lipinski definition) is 0. The molecule has 0 atom stereocenters. The van der Waals surface area contributed by atoms with Crippen molar-refractivity contribution < 1.29 is 14.3 Å². The number of carbonyl (C=O) groups excluding carboxylic acids is 2. The van der Waals surface area contributed by atoms with Crippen LogP contribution in [0.15, 0.2) is 48.5 Å². The monoisotopic (exact) mass is 422 g/mol. The Balaban J connectivity index is 2.07. The van der Waals surface area contributed by atoms with E-state index in [1.165, 1.54) is 18.3 Å². The summed E-state index contributed by atoms with van der Waals surface area (Å²) in [6.07, 6.45) is 0. The molecule has 0 aliphatic carbocycles. The van der Waals surface area contributed by atoms with Crippen molar-refractivity contribution in [3.8, 4) is 5.75 Å². The molecule has 5 heteroatoms. The number of rotatable bonds is 3. The van der Waals surface area contributed by atoms with Gasteiger partial charge in [0, 0.05) is 20.6 Å². The van der Waals surface area contributed by atoms with Gasteiger partial charge in [0.2, 0.25) is 0 Å². The van der Waals surface area contributed by atoms with E-state index in [0.29, 0.717) is 16.2 Å². The van der Waals surface area contributed by atoms with Crippen LogP contribution in [0.5, 0.6) is 5.75 Å². The Hall–Kier alpha value is -1.73. The van der Waals surface area contributed by atoms with Crippen LogP contribution in [-0.4, -0.2) is 11.8 Å². The standard InChI is InChI=1S/C17H11IO3S/c1-10(19)16-15(12-7-3-5-9-14(12)22-16)21-17(20)11-6-2-4-8-13(11)18/h2-9H,1H3. The van der Waals surface area contributed by atoms with Crippen LogP contribution in [0.3, 0.4) is 0 Å². The van der Waals surface area contributed by atoms with Crippen LogP contribution in [0.4, 0.5) is 0 Å². The average molecular weight is 422 g/mol. The fourth-order valence-corrected chi connectivity index (χ4v) is 3.76. The molecule has 0 saturated carbocycles. The second kappa shape index (κ2) is 6.18. The van der Waals surface area contributed by atoms with E-state index >= 15 is 0 Å². The van der Waals surface area contributed by atoms with E-state index in [1.807, 2.05) is 36.4 Å². The summed E-state index contributed by atoms with van der Waals surface area (Å²) in [5.74, 6) is -0.194. The SMILES string of the molecule is CC(=O)c1sc2ccccc2c1OC(=O)c1ccccc1I. The molecule has 22 heavy (non-hydrogen) atoms. The van der Waals surface area contributed by atoms with E-state index in [1.54, 1.807) is 12.1 Å². The predicted molar refractivity (Wildman–Crippen MR) is 95.9 cm³/mol. The first kappa shape index (κ1) is 15.2. The van der Waals surface area contributed by atoms with Gasteiger partial charge in [-0.15, -0.1) is 11.3 Å². The number of esters is 1. The van der Waals surface area contributed by atoms with E-state index in [-0.39, 0.29) is 5.78 Å². The van der Waals surface area contributed by atoms with Crippen LogP contribution < -0.4 is 4.74 Å². The molecule has 1 aromatic heterocycles. The molecule has 0 spiro atoms. The minimum atomic E-state index is -0.448. The van der Waals surface area contributed by atoms with Gasteiger partial charge in [-0.25, -0.2) is 4.79 Å². The van der Waals surface area contributed by atoms with Gasteiger partial charge < -0.3 is 4.74 Å². The van der Waals surface area contributed by atoms with Gasteiger partial charge in [-0.3, -0.25) is 4.79 Å². The maximum absolute atomic E-state index is 12.4. The first-order valence-corrected chi connectivity index (χ1v) is 8.46. The maximum Gasteiger partial charge on any atom is 0.344 e. The number of ketones is 1. The molecular weight excluding hydrogens is 411 g/mol. The highest BCUT2D eigenvalue weighted by Crippen LogP contribution is 2.38. The van der Waals surface area contributed by atoms with Crippen LogP contribution in [0, 0.1) is 3.57 Å². The largest absolute Gasteiger partial charge is 0.421 e. The van der Waals surface area contributed by atoms with Crippen molar-refractivity contribution in [1.82, 2.24) is 0 Å². The summed E-state index contributed by atoms with van der Waals surface area (Å²) < 4.78 is 7.32. The van der Waals surface area contributed by atoms with Crippen molar-refractivity contribution in [2.75, 3.05) is 0 Å². The van der Waals surface area contributed by atoms with Crippen molar-refractivity contribution in [2.45, 2.75) is 6.92 Å². The molecule has 0 bridgehead atoms. The Labute approximate surface area is 145 Å². The molecule has 0 saturated heterocycles. The van der Waals surface area contributed by atoms with Gasteiger partial charge in [-0.1, -0.05) is 24.3 Å². The van der Waals surface area contributed by atoms with Gasteiger partial charge in [0.05, 0.1) is 5.56 Å². The fourth-order valence-electron chi connectivity index (χ4n) is 2.13. The molecule has 0 amide bonds. The summed E-state index contributed by atoms with van der Waals surface area (Å²) in [5.41, 5.74) is 0.493. The lowest BCUT2D eigenvalue weighted by molar-refractivity contribution is 0.0735. The van der Waals surface area contributed by atoms with Gasteiger partial charge in [0.25, 0.3) is 0 Å². The molecule has 0 N–H and O–H groups in total. The van der Waals surface area contributed by atoms with Crippen molar-refractivity contribution in [3.63, 3.8) is 0 Å². The summed E-state index contributed by atoms with van der Waals surface area (Å²) in [7, 11) is 0. The number of thiophene rings is 1. The highest BCUT2D eigenvalue weighted by atomic mass is 127. The lowest BCUT2D eigenvalue weighted by Gasteiger charge is -2.06. The van der Waals surface area contributed by atoms with Crippen LogP contribution in [0.2, 0.25) is 0 Å². The van der Waals surface area contributed by atoms with Crippen molar-refractivity contribution in [1.29, 1.82) is 0 Å². The fraction of sp³-hybridized carbons (Fsp3) is 0.0588. The first-order valence-electron chi connectivity index (χ1n) is 6.57. The summed E-state index contributed by atoms with van der Waals surface area (Å²) in [5, 5.41) is 0.789. The van der Waals surface area contributed by atoms with E-state index in [2.05, 4.69) is 22.6 Å². The zero-order chi connectivity index (χ0) is 15.7. The smallest absolute Gasteiger partial charge is 0.344 e. The molecule has 0 fully saturated rings. The minimum Gasteiger partial charge on any atom is -0.421 e. The maximum atomic E-state index is 12.4. The third-order valence-corrected chi connectivity index (χ3v) is 5.35. The minimum absolute atomic E-state index is 0.105. The Bertz CT molecular complexity index is 882. The lowest BCUT2D eigenvalue weighted by atomic mass is 10.2. The lowest BCUT2D eigenvalue weighted by Crippen LogP contribution is -2.11. The summed E-state index contributed by atoms with van der Waals surface area (Å²) in [4.78, 5) is 24.7. The Morgan fingerprint density at radius 3 is 2.45 bits per heavy atom. The van der Waals surface area contributed by atoms with Crippen molar-refractivity contribution in [2.24, 2.45) is 0 Å². The molecule has 0 unspecified atom stereocenters. The molecule has 0 aliphatic rings.